The van der Waals surface area contributed by atoms with Gasteiger partial charge in [-0.1, -0.05) is 6.08 Å². The molecule has 0 spiro atoms. The van der Waals surface area contributed by atoms with Crippen LogP contribution in [-0.2, 0) is 10.0 Å². The second-order valence-electron chi connectivity index (χ2n) is 4.61. The fourth-order valence-electron chi connectivity index (χ4n) is 1.83. The smallest absolute Gasteiger partial charge is 0.263 e. The van der Waals surface area contributed by atoms with E-state index in [0.717, 1.165) is 5.69 Å². The Balaban J connectivity index is 2.09. The number of hydrogen-bond acceptors (Lipinski definition) is 5. The van der Waals surface area contributed by atoms with Crippen molar-refractivity contribution in [1.82, 2.24) is 4.98 Å². The van der Waals surface area contributed by atoms with E-state index in [4.69, 9.17) is 4.74 Å². The second kappa shape index (κ2) is 7.64. The van der Waals surface area contributed by atoms with Crippen molar-refractivity contribution in [2.24, 2.45) is 0 Å². The maximum Gasteiger partial charge on any atom is 0.263 e. The van der Waals surface area contributed by atoms with Crippen LogP contribution in [0, 0.1) is 0 Å². The average Bonchev–Trinajstić information content (AvgIpc) is 2.55. The number of nitrogens with zero attached hydrogens (tertiary/aromatic N) is 1. The van der Waals surface area contributed by atoms with E-state index in [0.29, 0.717) is 18.9 Å². The Morgan fingerprint density at radius 3 is 2.52 bits per heavy atom. The van der Waals surface area contributed by atoms with E-state index in [-0.39, 0.29) is 10.7 Å². The fraction of sp³-hybridized carbons (Fsp3) is 0.188. The van der Waals surface area contributed by atoms with Crippen molar-refractivity contribution < 1.29 is 13.2 Å². The summed E-state index contributed by atoms with van der Waals surface area (Å²) in [5, 5.41) is 3.06. The van der Waals surface area contributed by atoms with Gasteiger partial charge in [0.2, 0.25) is 0 Å². The summed E-state index contributed by atoms with van der Waals surface area (Å²) in [5.74, 6) is 0.880. The third kappa shape index (κ3) is 4.72. The lowest BCUT2D eigenvalue weighted by molar-refractivity contribution is 0.340. The first-order chi connectivity index (χ1) is 11.0. The molecule has 0 radical (unpaired) electrons. The van der Waals surface area contributed by atoms with E-state index in [1.54, 1.807) is 36.5 Å². The topological polar surface area (TPSA) is 80.3 Å². The van der Waals surface area contributed by atoms with Crippen LogP contribution in [0.3, 0.4) is 0 Å². The Morgan fingerprint density at radius 1 is 1.22 bits per heavy atom. The van der Waals surface area contributed by atoms with Gasteiger partial charge in [-0.05, 0) is 43.3 Å². The highest BCUT2D eigenvalue weighted by atomic mass is 32.2. The highest BCUT2D eigenvalue weighted by Crippen LogP contribution is 2.19. The van der Waals surface area contributed by atoms with E-state index in [1.165, 1.54) is 12.1 Å². The number of anilines is 2. The van der Waals surface area contributed by atoms with E-state index >= 15 is 0 Å². The summed E-state index contributed by atoms with van der Waals surface area (Å²) in [5.41, 5.74) is 0.786. The van der Waals surface area contributed by atoms with Crippen LogP contribution in [0.15, 0.2) is 60.1 Å². The van der Waals surface area contributed by atoms with Gasteiger partial charge in [-0.15, -0.1) is 6.58 Å². The Kier molecular flexibility index (Phi) is 5.59. The van der Waals surface area contributed by atoms with E-state index < -0.39 is 10.0 Å². The predicted octanol–water partition coefficient (Wildman–Crippen LogP) is 2.88. The van der Waals surface area contributed by atoms with E-state index in [9.17, 15) is 8.42 Å². The molecule has 1 aromatic heterocycles. The predicted molar refractivity (Wildman–Crippen MR) is 91.3 cm³/mol. The van der Waals surface area contributed by atoms with Crippen LogP contribution < -0.4 is 14.8 Å². The maximum atomic E-state index is 12.3. The molecule has 0 unspecified atom stereocenters. The maximum absolute atomic E-state index is 12.3. The molecule has 0 aliphatic carbocycles. The Hall–Kier alpha value is -2.54. The fourth-order valence-corrected chi connectivity index (χ4v) is 2.84. The summed E-state index contributed by atoms with van der Waals surface area (Å²) in [6, 6.07) is 9.56. The zero-order chi connectivity index (χ0) is 16.7. The molecule has 7 heteroatoms. The lowest BCUT2D eigenvalue weighted by atomic mass is 10.3. The second-order valence-corrected chi connectivity index (χ2v) is 6.29. The molecule has 0 aliphatic rings. The summed E-state index contributed by atoms with van der Waals surface area (Å²) in [7, 11) is -3.68. The van der Waals surface area contributed by atoms with Gasteiger partial charge in [0.15, 0.2) is 0 Å². The minimum Gasteiger partial charge on any atom is -0.494 e. The van der Waals surface area contributed by atoms with Crippen LogP contribution in [-0.4, -0.2) is 26.6 Å². The van der Waals surface area contributed by atoms with Crippen LogP contribution in [0.2, 0.25) is 0 Å². The van der Waals surface area contributed by atoms with E-state index in [2.05, 4.69) is 21.6 Å². The van der Waals surface area contributed by atoms with Gasteiger partial charge in [-0.25, -0.2) is 13.4 Å². The first-order valence-electron chi connectivity index (χ1n) is 7.11. The van der Waals surface area contributed by atoms with Crippen molar-refractivity contribution in [2.45, 2.75) is 11.8 Å². The summed E-state index contributed by atoms with van der Waals surface area (Å²) >= 11 is 0. The third-order valence-corrected chi connectivity index (χ3v) is 4.27. The lowest BCUT2D eigenvalue weighted by Gasteiger charge is -2.09. The molecule has 2 aromatic rings. The molecule has 2 rings (SSSR count). The molecule has 0 bridgehead atoms. The van der Waals surface area contributed by atoms with Crippen LogP contribution in [0.1, 0.15) is 6.92 Å². The molecule has 0 fully saturated rings. The van der Waals surface area contributed by atoms with Gasteiger partial charge < -0.3 is 10.1 Å². The third-order valence-electron chi connectivity index (χ3n) is 2.90. The summed E-state index contributed by atoms with van der Waals surface area (Å²) < 4.78 is 32.4. The van der Waals surface area contributed by atoms with Crippen molar-refractivity contribution in [2.75, 3.05) is 23.2 Å². The van der Waals surface area contributed by atoms with Gasteiger partial charge >= 0.3 is 0 Å². The van der Waals surface area contributed by atoms with Crippen LogP contribution >= 0.6 is 0 Å². The number of hydrogen-bond donors (Lipinski definition) is 2. The Bertz CT molecular complexity index is 741. The van der Waals surface area contributed by atoms with Gasteiger partial charge in [0.1, 0.15) is 11.6 Å². The number of rotatable bonds is 8. The van der Waals surface area contributed by atoms with Gasteiger partial charge in [0.25, 0.3) is 10.0 Å². The largest absolute Gasteiger partial charge is 0.494 e. The average molecular weight is 333 g/mol. The molecule has 1 heterocycles. The van der Waals surface area contributed by atoms with Crippen LogP contribution in [0.4, 0.5) is 11.5 Å². The molecule has 2 N–H and O–H groups in total. The van der Waals surface area contributed by atoms with Gasteiger partial charge in [-0.2, -0.15) is 0 Å². The molecule has 23 heavy (non-hydrogen) atoms. The summed E-state index contributed by atoms with van der Waals surface area (Å²) in [6.45, 7) is 6.61. The van der Waals surface area contributed by atoms with Crippen molar-refractivity contribution in [3.63, 3.8) is 0 Å². The quantitative estimate of drug-likeness (QED) is 0.726. The van der Waals surface area contributed by atoms with E-state index in [1.807, 2.05) is 6.92 Å². The van der Waals surface area contributed by atoms with Crippen molar-refractivity contribution in [3.8, 4) is 5.75 Å². The summed E-state index contributed by atoms with van der Waals surface area (Å²) in [4.78, 5) is 4.23. The monoisotopic (exact) mass is 333 g/mol. The molecule has 0 amide bonds. The molecule has 0 aliphatic heterocycles. The normalized spacial score (nSPS) is 10.8. The summed E-state index contributed by atoms with van der Waals surface area (Å²) in [6.07, 6.45) is 3.28. The van der Waals surface area contributed by atoms with Gasteiger partial charge in [0.05, 0.1) is 23.4 Å². The van der Waals surface area contributed by atoms with Crippen molar-refractivity contribution in [1.29, 1.82) is 0 Å². The number of nitrogens with one attached hydrogen (secondary N) is 2. The highest BCUT2D eigenvalue weighted by molar-refractivity contribution is 7.92. The lowest BCUT2D eigenvalue weighted by Crippen LogP contribution is -2.14. The zero-order valence-electron chi connectivity index (χ0n) is 12.8. The molecular formula is C16H19N3O3S. The highest BCUT2D eigenvalue weighted by Gasteiger charge is 2.14. The molecule has 0 atom stereocenters. The number of sulfonamides is 1. The molecule has 6 nitrogen and oxygen atoms in total. The van der Waals surface area contributed by atoms with Crippen LogP contribution in [0.25, 0.3) is 0 Å². The first-order valence-corrected chi connectivity index (χ1v) is 8.60. The molecule has 122 valence electrons. The minimum absolute atomic E-state index is 0.150. The number of pyridine rings is 1. The Morgan fingerprint density at radius 2 is 1.96 bits per heavy atom. The molecular weight excluding hydrogens is 314 g/mol. The molecule has 0 saturated carbocycles. The zero-order valence-corrected chi connectivity index (χ0v) is 13.6. The molecule has 1 aromatic carbocycles. The van der Waals surface area contributed by atoms with Crippen molar-refractivity contribution >= 4 is 21.5 Å². The minimum atomic E-state index is -3.68. The number of benzene rings is 1. The number of ether oxygens (including phenoxy) is 1. The van der Waals surface area contributed by atoms with Gasteiger partial charge in [-0.3, -0.25) is 4.72 Å². The molecule has 0 saturated heterocycles. The van der Waals surface area contributed by atoms with Crippen molar-refractivity contribution in [3.05, 3.63) is 55.3 Å². The van der Waals surface area contributed by atoms with Gasteiger partial charge in [0, 0.05) is 6.54 Å². The SMILES string of the molecule is C=CCNc1ccc(NS(=O)(=O)c2ccc(OCC)cc2)nc1. The first kappa shape index (κ1) is 16.8. The number of aromatic nitrogens is 1. The Labute approximate surface area is 136 Å². The van der Waals surface area contributed by atoms with Crippen LogP contribution in [0.5, 0.6) is 5.75 Å². The standard InChI is InChI=1S/C16H19N3O3S/c1-3-11-17-13-5-10-16(18-12-13)19-23(20,21)15-8-6-14(7-9-15)22-4-2/h3,5-10,12,17H,1,4,11H2,2H3,(H,18,19).